The number of nitrogens with zero attached hydrogens (tertiary/aromatic N) is 2. The lowest BCUT2D eigenvalue weighted by Gasteiger charge is -1.99. The third-order valence-electron chi connectivity index (χ3n) is 2.18. The lowest BCUT2D eigenvalue weighted by Crippen LogP contribution is -1.86. The van der Waals surface area contributed by atoms with Crippen molar-refractivity contribution < 1.29 is 4.42 Å². The smallest absolute Gasteiger partial charge is 0.247 e. The first-order chi connectivity index (χ1) is 8.10. The minimum atomic E-state index is 0.0892. The molecular formula is C11H9Br2ClN2O. The Kier molecular flexibility index (Phi) is 4.22. The topological polar surface area (TPSA) is 38.9 Å². The van der Waals surface area contributed by atoms with Crippen molar-refractivity contribution in [3.63, 3.8) is 0 Å². The number of benzene rings is 1. The number of hydrogen-bond donors (Lipinski definition) is 0. The molecule has 3 nitrogen and oxygen atoms in total. The van der Waals surface area contributed by atoms with Crippen LogP contribution in [0.4, 0.5) is 0 Å². The number of rotatable bonds is 3. The van der Waals surface area contributed by atoms with Gasteiger partial charge in [-0.1, -0.05) is 50.4 Å². The fraction of sp³-hybridized carbons (Fsp3) is 0.273. The summed E-state index contributed by atoms with van der Waals surface area (Å²) in [6, 6.07) is 5.48. The van der Waals surface area contributed by atoms with Gasteiger partial charge in [0, 0.05) is 15.1 Å². The van der Waals surface area contributed by atoms with Crippen LogP contribution in [0, 0.1) is 0 Å². The molecule has 2 aromatic rings. The van der Waals surface area contributed by atoms with E-state index in [2.05, 4.69) is 42.1 Å². The summed E-state index contributed by atoms with van der Waals surface area (Å²) in [6.45, 7) is 2.04. The highest BCUT2D eigenvalue weighted by Crippen LogP contribution is 2.30. The van der Waals surface area contributed by atoms with Gasteiger partial charge in [0.1, 0.15) is 0 Å². The second-order valence-electron chi connectivity index (χ2n) is 3.48. The van der Waals surface area contributed by atoms with E-state index in [1.807, 2.05) is 19.1 Å². The average Bonchev–Trinajstić information content (AvgIpc) is 2.76. The van der Waals surface area contributed by atoms with Crippen molar-refractivity contribution in [3.8, 4) is 11.5 Å². The lowest BCUT2D eigenvalue weighted by molar-refractivity contribution is 0.500. The van der Waals surface area contributed by atoms with Crippen LogP contribution in [0.15, 0.2) is 27.1 Å². The molecule has 0 aliphatic carbocycles. The molecule has 1 atom stereocenters. The van der Waals surface area contributed by atoms with E-state index >= 15 is 0 Å². The molecule has 1 aromatic heterocycles. The maximum atomic E-state index is 5.97. The van der Waals surface area contributed by atoms with E-state index in [1.165, 1.54) is 0 Å². The summed E-state index contributed by atoms with van der Waals surface area (Å²) in [5.74, 6) is 1.06. The first kappa shape index (κ1) is 13.1. The van der Waals surface area contributed by atoms with E-state index in [4.69, 9.17) is 16.0 Å². The monoisotopic (exact) mass is 378 g/mol. The Morgan fingerprint density at radius 2 is 2.12 bits per heavy atom. The predicted octanol–water partition coefficient (Wildman–Crippen LogP) is 5.00. The van der Waals surface area contributed by atoms with Gasteiger partial charge in [-0.2, -0.15) is 0 Å². The molecule has 90 valence electrons. The van der Waals surface area contributed by atoms with Crippen molar-refractivity contribution in [2.75, 3.05) is 0 Å². The molecule has 1 heterocycles. The van der Waals surface area contributed by atoms with Crippen LogP contribution in [0.3, 0.4) is 0 Å². The highest BCUT2D eigenvalue weighted by molar-refractivity contribution is 9.10. The van der Waals surface area contributed by atoms with Crippen molar-refractivity contribution in [2.24, 2.45) is 0 Å². The third kappa shape index (κ3) is 3.09. The van der Waals surface area contributed by atoms with Crippen LogP contribution < -0.4 is 0 Å². The standard InChI is InChI=1S/C11H9Br2ClN2O/c1-2-9(13)11-16-15-10(17-11)6-3-7(12)5-8(14)4-6/h3-5,9H,2H2,1H3. The minimum Gasteiger partial charge on any atom is -0.419 e. The lowest BCUT2D eigenvalue weighted by atomic mass is 10.2. The summed E-state index contributed by atoms with van der Waals surface area (Å²) in [7, 11) is 0. The molecule has 0 aliphatic heterocycles. The Morgan fingerprint density at radius 1 is 1.35 bits per heavy atom. The summed E-state index contributed by atoms with van der Waals surface area (Å²) < 4.78 is 6.46. The molecule has 2 rings (SSSR count). The highest BCUT2D eigenvalue weighted by atomic mass is 79.9. The van der Waals surface area contributed by atoms with Crippen molar-refractivity contribution in [3.05, 3.63) is 33.6 Å². The summed E-state index contributed by atoms with van der Waals surface area (Å²) >= 11 is 12.8. The van der Waals surface area contributed by atoms with E-state index in [9.17, 15) is 0 Å². The minimum absolute atomic E-state index is 0.0892. The van der Waals surface area contributed by atoms with Crippen LogP contribution in [-0.2, 0) is 0 Å². The van der Waals surface area contributed by atoms with Gasteiger partial charge in [-0.15, -0.1) is 10.2 Å². The van der Waals surface area contributed by atoms with E-state index in [0.29, 0.717) is 16.8 Å². The van der Waals surface area contributed by atoms with Gasteiger partial charge in [0.15, 0.2) is 0 Å². The van der Waals surface area contributed by atoms with Gasteiger partial charge in [-0.25, -0.2) is 0 Å². The van der Waals surface area contributed by atoms with Gasteiger partial charge in [0.05, 0.1) is 4.83 Å². The fourth-order valence-corrected chi connectivity index (χ4v) is 2.37. The molecule has 0 bridgehead atoms. The second kappa shape index (κ2) is 5.50. The van der Waals surface area contributed by atoms with E-state index in [-0.39, 0.29) is 4.83 Å². The SMILES string of the molecule is CCC(Br)c1nnc(-c2cc(Cl)cc(Br)c2)o1. The molecule has 1 unspecified atom stereocenters. The Labute approximate surface area is 121 Å². The fourth-order valence-electron chi connectivity index (χ4n) is 1.33. The molecule has 6 heteroatoms. The van der Waals surface area contributed by atoms with Crippen molar-refractivity contribution in [1.82, 2.24) is 10.2 Å². The zero-order valence-corrected chi connectivity index (χ0v) is 12.9. The number of hydrogen-bond acceptors (Lipinski definition) is 3. The molecular weight excluding hydrogens is 371 g/mol. The summed E-state index contributed by atoms with van der Waals surface area (Å²) in [6.07, 6.45) is 0.890. The first-order valence-corrected chi connectivity index (χ1v) is 7.12. The normalized spacial score (nSPS) is 12.7. The van der Waals surface area contributed by atoms with Gasteiger partial charge < -0.3 is 4.42 Å². The van der Waals surface area contributed by atoms with E-state index in [0.717, 1.165) is 16.5 Å². The molecule has 0 N–H and O–H groups in total. The molecule has 0 spiro atoms. The van der Waals surface area contributed by atoms with Crippen molar-refractivity contribution in [1.29, 1.82) is 0 Å². The van der Waals surface area contributed by atoms with Crippen molar-refractivity contribution >= 4 is 43.5 Å². The molecule has 17 heavy (non-hydrogen) atoms. The van der Waals surface area contributed by atoms with Crippen LogP contribution >= 0.6 is 43.5 Å². The molecule has 1 aromatic carbocycles. The molecule has 0 saturated heterocycles. The Bertz CT molecular complexity index is 510. The number of aromatic nitrogens is 2. The molecule has 0 amide bonds. The van der Waals surface area contributed by atoms with E-state index < -0.39 is 0 Å². The number of halogens is 3. The Morgan fingerprint density at radius 3 is 2.76 bits per heavy atom. The zero-order valence-electron chi connectivity index (χ0n) is 8.95. The van der Waals surface area contributed by atoms with E-state index in [1.54, 1.807) is 6.07 Å². The van der Waals surface area contributed by atoms with Crippen LogP contribution in [0.25, 0.3) is 11.5 Å². The quantitative estimate of drug-likeness (QED) is 0.704. The van der Waals surface area contributed by atoms with Crippen LogP contribution in [0.2, 0.25) is 5.02 Å². The van der Waals surface area contributed by atoms with Gasteiger partial charge in [-0.3, -0.25) is 0 Å². The molecule has 0 fully saturated rings. The Hall–Kier alpha value is -0.390. The second-order valence-corrected chi connectivity index (χ2v) is 5.94. The Balaban J connectivity index is 2.36. The zero-order chi connectivity index (χ0) is 12.4. The van der Waals surface area contributed by atoms with Crippen molar-refractivity contribution in [2.45, 2.75) is 18.2 Å². The summed E-state index contributed by atoms with van der Waals surface area (Å²) in [4.78, 5) is 0.0892. The summed E-state index contributed by atoms with van der Waals surface area (Å²) in [5, 5.41) is 8.64. The molecule has 0 saturated carbocycles. The average molecular weight is 380 g/mol. The molecule has 0 aliphatic rings. The van der Waals surface area contributed by atoms with Gasteiger partial charge in [0.2, 0.25) is 11.8 Å². The van der Waals surface area contributed by atoms with Gasteiger partial charge in [0.25, 0.3) is 0 Å². The number of alkyl halides is 1. The van der Waals surface area contributed by atoms with Crippen LogP contribution in [-0.4, -0.2) is 10.2 Å². The first-order valence-electron chi connectivity index (χ1n) is 5.04. The molecule has 0 radical (unpaired) electrons. The van der Waals surface area contributed by atoms with Gasteiger partial charge in [-0.05, 0) is 24.6 Å². The maximum Gasteiger partial charge on any atom is 0.247 e. The summed E-state index contributed by atoms with van der Waals surface area (Å²) in [5.41, 5.74) is 0.805. The maximum absolute atomic E-state index is 5.97. The van der Waals surface area contributed by atoms with Crippen LogP contribution in [0.5, 0.6) is 0 Å². The highest BCUT2D eigenvalue weighted by Gasteiger charge is 2.15. The van der Waals surface area contributed by atoms with Crippen LogP contribution in [0.1, 0.15) is 24.1 Å². The predicted molar refractivity (Wildman–Crippen MR) is 74.4 cm³/mol. The third-order valence-corrected chi connectivity index (χ3v) is 3.89. The largest absolute Gasteiger partial charge is 0.419 e. The van der Waals surface area contributed by atoms with Gasteiger partial charge >= 0.3 is 0 Å².